The molecule has 0 fully saturated rings. The van der Waals surface area contributed by atoms with Crippen molar-refractivity contribution in [3.63, 3.8) is 0 Å². The van der Waals surface area contributed by atoms with Crippen molar-refractivity contribution in [1.82, 2.24) is 4.57 Å². The van der Waals surface area contributed by atoms with E-state index in [1.54, 1.807) is 0 Å². The van der Waals surface area contributed by atoms with Gasteiger partial charge in [0.05, 0.1) is 16.7 Å². The predicted molar refractivity (Wildman–Crippen MR) is 186 cm³/mol. The smallest absolute Gasteiger partial charge is 0.0547 e. The van der Waals surface area contributed by atoms with Crippen molar-refractivity contribution in [3.8, 4) is 50.2 Å². The van der Waals surface area contributed by atoms with Crippen LogP contribution in [-0.4, -0.2) is 4.57 Å². The number of fused-ring (bicyclic) bond motifs is 9. The van der Waals surface area contributed by atoms with Crippen molar-refractivity contribution in [3.05, 3.63) is 151 Å². The van der Waals surface area contributed by atoms with Crippen LogP contribution in [0.25, 0.3) is 82.8 Å². The maximum atomic E-state index is 2.51. The van der Waals surface area contributed by atoms with E-state index >= 15 is 0 Å². The highest BCUT2D eigenvalue weighted by atomic mass is 15.0. The standard InChI is InChI=1S/C43H29N/c1-43(2)37-19-8-5-14-29(37)35-25-41-36(24-38(35)43)31-16-7-10-21-40(31)44(41)39-20-9-6-15-30(39)28-22-23-34-27-13-4-3-12-26(27)32-17-11-18-33(28)42(32)34/h3-25H,1-2H3. The highest BCUT2D eigenvalue weighted by Crippen LogP contribution is 2.52. The largest absolute Gasteiger partial charge is 0.309 e. The van der Waals surface area contributed by atoms with E-state index < -0.39 is 0 Å². The summed E-state index contributed by atoms with van der Waals surface area (Å²) >= 11 is 0. The van der Waals surface area contributed by atoms with Crippen LogP contribution in [0.4, 0.5) is 0 Å². The van der Waals surface area contributed by atoms with Crippen molar-refractivity contribution in [1.29, 1.82) is 0 Å². The summed E-state index contributed by atoms with van der Waals surface area (Å²) in [5.41, 5.74) is 17.0. The molecule has 44 heavy (non-hydrogen) atoms. The Kier molecular flexibility index (Phi) is 4.58. The van der Waals surface area contributed by atoms with Gasteiger partial charge in [0.1, 0.15) is 0 Å². The molecule has 7 aromatic carbocycles. The zero-order chi connectivity index (χ0) is 29.2. The number of benzene rings is 7. The van der Waals surface area contributed by atoms with Gasteiger partial charge in [-0.15, -0.1) is 0 Å². The zero-order valence-corrected chi connectivity index (χ0v) is 24.7. The van der Waals surface area contributed by atoms with Gasteiger partial charge in [-0.3, -0.25) is 0 Å². The molecule has 0 saturated heterocycles. The van der Waals surface area contributed by atoms with Crippen molar-refractivity contribution < 1.29 is 0 Å². The molecule has 0 atom stereocenters. The van der Waals surface area contributed by atoms with Gasteiger partial charge in [-0.25, -0.2) is 0 Å². The van der Waals surface area contributed by atoms with E-state index in [1.165, 1.54) is 93.9 Å². The molecule has 8 aromatic rings. The minimum atomic E-state index is -0.0383. The summed E-state index contributed by atoms with van der Waals surface area (Å²) in [6.45, 7) is 4.73. The molecule has 0 saturated carbocycles. The van der Waals surface area contributed by atoms with Crippen LogP contribution >= 0.6 is 0 Å². The molecule has 1 heteroatoms. The predicted octanol–water partition coefficient (Wildman–Crippen LogP) is 11.6. The van der Waals surface area contributed by atoms with E-state index in [-0.39, 0.29) is 5.41 Å². The normalized spacial score (nSPS) is 13.9. The van der Waals surface area contributed by atoms with E-state index in [2.05, 4.69) is 158 Å². The first kappa shape index (κ1) is 24.1. The summed E-state index contributed by atoms with van der Waals surface area (Å²) in [5, 5.41) is 5.27. The Balaban J connectivity index is 1.29. The van der Waals surface area contributed by atoms with Crippen LogP contribution in [0, 0.1) is 0 Å². The Morgan fingerprint density at radius 1 is 0.386 bits per heavy atom. The topological polar surface area (TPSA) is 4.93 Å². The van der Waals surface area contributed by atoms with E-state index in [4.69, 9.17) is 0 Å². The van der Waals surface area contributed by atoms with E-state index in [0.29, 0.717) is 0 Å². The fourth-order valence-corrected chi connectivity index (χ4v) is 8.36. The van der Waals surface area contributed by atoms with Crippen LogP contribution in [0.2, 0.25) is 0 Å². The zero-order valence-electron chi connectivity index (χ0n) is 24.7. The number of hydrogen-bond donors (Lipinski definition) is 0. The third kappa shape index (κ3) is 2.94. The number of nitrogens with zero attached hydrogens (tertiary/aromatic N) is 1. The van der Waals surface area contributed by atoms with Crippen LogP contribution in [0.3, 0.4) is 0 Å². The first-order valence-corrected chi connectivity index (χ1v) is 15.5. The van der Waals surface area contributed by atoms with Gasteiger partial charge in [0, 0.05) is 21.8 Å². The van der Waals surface area contributed by atoms with Gasteiger partial charge < -0.3 is 4.57 Å². The van der Waals surface area contributed by atoms with Crippen LogP contribution in [-0.2, 0) is 5.41 Å². The molecule has 0 spiro atoms. The maximum absolute atomic E-state index is 2.51. The Labute approximate surface area is 256 Å². The molecule has 10 rings (SSSR count). The quantitative estimate of drug-likeness (QED) is 0.198. The molecule has 0 radical (unpaired) electrons. The Morgan fingerprint density at radius 3 is 1.84 bits per heavy atom. The number of para-hydroxylation sites is 2. The molecular formula is C43H29N. The minimum absolute atomic E-state index is 0.0383. The Bertz CT molecular complexity index is 2490. The fourth-order valence-electron chi connectivity index (χ4n) is 8.36. The van der Waals surface area contributed by atoms with Gasteiger partial charge >= 0.3 is 0 Å². The van der Waals surface area contributed by atoms with Gasteiger partial charge in [-0.05, 0) is 85.1 Å². The van der Waals surface area contributed by atoms with Gasteiger partial charge in [-0.1, -0.05) is 129 Å². The number of rotatable bonds is 2. The second-order valence-electron chi connectivity index (χ2n) is 12.9. The molecule has 0 aliphatic heterocycles. The first-order chi connectivity index (χ1) is 21.6. The molecule has 0 bridgehead atoms. The van der Waals surface area contributed by atoms with E-state index in [0.717, 1.165) is 0 Å². The average Bonchev–Trinajstić information content (AvgIpc) is 3.65. The Hall–Kier alpha value is -5.40. The van der Waals surface area contributed by atoms with Crippen LogP contribution < -0.4 is 0 Å². The maximum Gasteiger partial charge on any atom is 0.0547 e. The first-order valence-electron chi connectivity index (χ1n) is 15.5. The molecule has 2 aliphatic carbocycles. The molecule has 0 unspecified atom stereocenters. The van der Waals surface area contributed by atoms with Crippen LogP contribution in [0.5, 0.6) is 0 Å². The van der Waals surface area contributed by atoms with Crippen molar-refractivity contribution >= 4 is 32.6 Å². The lowest BCUT2D eigenvalue weighted by molar-refractivity contribution is 0.661. The third-order valence-electron chi connectivity index (χ3n) is 10.4. The van der Waals surface area contributed by atoms with Crippen LogP contribution in [0.15, 0.2) is 140 Å². The van der Waals surface area contributed by atoms with Gasteiger partial charge in [0.25, 0.3) is 0 Å². The molecule has 2 aliphatic rings. The molecule has 1 heterocycles. The minimum Gasteiger partial charge on any atom is -0.309 e. The summed E-state index contributed by atoms with van der Waals surface area (Å²) in [6, 6.07) is 52.0. The fraction of sp³-hybridized carbons (Fsp3) is 0.0698. The monoisotopic (exact) mass is 559 g/mol. The summed E-state index contributed by atoms with van der Waals surface area (Å²) < 4.78 is 2.51. The van der Waals surface area contributed by atoms with E-state index in [1.807, 2.05) is 0 Å². The van der Waals surface area contributed by atoms with Crippen molar-refractivity contribution in [2.75, 3.05) is 0 Å². The summed E-state index contributed by atoms with van der Waals surface area (Å²) in [4.78, 5) is 0. The molecule has 206 valence electrons. The highest BCUT2D eigenvalue weighted by molar-refractivity contribution is 6.19. The second-order valence-corrected chi connectivity index (χ2v) is 12.9. The summed E-state index contributed by atoms with van der Waals surface area (Å²) in [5.74, 6) is 0. The number of hydrogen-bond acceptors (Lipinski definition) is 0. The highest BCUT2D eigenvalue weighted by Gasteiger charge is 2.36. The second kappa shape index (κ2) is 8.36. The van der Waals surface area contributed by atoms with Gasteiger partial charge in [0.2, 0.25) is 0 Å². The summed E-state index contributed by atoms with van der Waals surface area (Å²) in [7, 11) is 0. The molecule has 0 N–H and O–H groups in total. The molecule has 1 aromatic heterocycles. The SMILES string of the molecule is CC1(C)c2ccccc2-c2cc3c(cc21)c1ccccc1n3-c1ccccc1-c1ccc2c3c(cccc13)-c1ccccc1-2. The molecule has 0 amide bonds. The van der Waals surface area contributed by atoms with Crippen molar-refractivity contribution in [2.45, 2.75) is 19.3 Å². The molecule has 1 nitrogen and oxygen atoms in total. The lowest BCUT2D eigenvalue weighted by atomic mass is 9.82. The van der Waals surface area contributed by atoms with Gasteiger partial charge in [0.15, 0.2) is 0 Å². The number of aromatic nitrogens is 1. The lowest BCUT2D eigenvalue weighted by Crippen LogP contribution is -2.14. The van der Waals surface area contributed by atoms with Gasteiger partial charge in [-0.2, -0.15) is 0 Å². The molecular weight excluding hydrogens is 530 g/mol. The third-order valence-corrected chi connectivity index (χ3v) is 10.4. The van der Waals surface area contributed by atoms with Crippen LogP contribution in [0.1, 0.15) is 25.0 Å². The van der Waals surface area contributed by atoms with Crippen molar-refractivity contribution in [2.24, 2.45) is 0 Å². The Morgan fingerprint density at radius 2 is 1.00 bits per heavy atom. The average molecular weight is 560 g/mol. The lowest BCUT2D eigenvalue weighted by Gasteiger charge is -2.21. The summed E-state index contributed by atoms with van der Waals surface area (Å²) in [6.07, 6.45) is 0. The van der Waals surface area contributed by atoms with E-state index in [9.17, 15) is 0 Å².